The van der Waals surface area contributed by atoms with Crippen LogP contribution in [0.4, 0.5) is 15.9 Å². The lowest BCUT2D eigenvalue weighted by molar-refractivity contribution is 0.0473. The molecule has 0 saturated carbocycles. The first-order valence-electron chi connectivity index (χ1n) is 10.3. The number of benzene rings is 2. The minimum Gasteiger partial charge on any atom is -0.457 e. The van der Waals surface area contributed by atoms with E-state index in [1.807, 2.05) is 0 Å². The van der Waals surface area contributed by atoms with Crippen LogP contribution in [0, 0.1) is 5.82 Å². The molecule has 1 fully saturated rings. The molecule has 1 aliphatic rings. The van der Waals surface area contributed by atoms with Crippen LogP contribution < -0.4 is 5.32 Å². The first-order chi connectivity index (χ1) is 15.9. The number of pyridine rings is 1. The third-order valence-electron chi connectivity index (χ3n) is 5.03. The Bertz CT molecular complexity index is 1250. The van der Waals surface area contributed by atoms with Gasteiger partial charge >= 0.3 is 5.97 Å². The van der Waals surface area contributed by atoms with Crippen LogP contribution in [0.25, 0.3) is 0 Å². The van der Waals surface area contributed by atoms with Crippen molar-refractivity contribution in [3.05, 3.63) is 83.8 Å². The zero-order valence-electron chi connectivity index (χ0n) is 17.6. The normalized spacial score (nSPS) is 14.6. The van der Waals surface area contributed by atoms with E-state index in [0.717, 1.165) is 0 Å². The molecular weight excluding hydrogens is 449 g/mol. The van der Waals surface area contributed by atoms with Crippen LogP contribution in [0.3, 0.4) is 0 Å². The van der Waals surface area contributed by atoms with Crippen LogP contribution >= 0.6 is 0 Å². The highest BCUT2D eigenvalue weighted by Crippen LogP contribution is 2.23. The van der Waals surface area contributed by atoms with E-state index in [4.69, 9.17) is 9.47 Å². The van der Waals surface area contributed by atoms with Crippen LogP contribution in [-0.4, -0.2) is 50.0 Å². The van der Waals surface area contributed by atoms with Gasteiger partial charge in [-0.05, 0) is 42.0 Å². The minimum absolute atomic E-state index is 0.123. The number of esters is 1. The minimum atomic E-state index is -3.66. The van der Waals surface area contributed by atoms with Gasteiger partial charge in [-0.3, -0.25) is 0 Å². The molecule has 0 bridgehead atoms. The third kappa shape index (κ3) is 5.36. The van der Waals surface area contributed by atoms with Crippen molar-refractivity contribution in [1.82, 2.24) is 9.29 Å². The number of ether oxygens (including phenoxy) is 2. The fraction of sp³-hybridized carbons (Fsp3) is 0.217. The van der Waals surface area contributed by atoms with Crippen molar-refractivity contribution in [3.63, 3.8) is 0 Å². The topological polar surface area (TPSA) is 97.8 Å². The number of halogens is 1. The van der Waals surface area contributed by atoms with E-state index in [9.17, 15) is 17.6 Å². The number of carbonyl (C=O) groups excluding carboxylic acids is 1. The second-order valence-electron chi connectivity index (χ2n) is 7.24. The zero-order chi connectivity index (χ0) is 23.3. The largest absolute Gasteiger partial charge is 0.457 e. The predicted octanol–water partition coefficient (Wildman–Crippen LogP) is 3.34. The summed E-state index contributed by atoms with van der Waals surface area (Å²) in [6.45, 7) is 1.15. The smallest absolute Gasteiger partial charge is 0.342 e. The Kier molecular flexibility index (Phi) is 6.97. The average Bonchev–Trinajstić information content (AvgIpc) is 2.85. The molecule has 3 aromatic rings. The number of hydrogen-bond donors (Lipinski definition) is 1. The van der Waals surface area contributed by atoms with Crippen molar-refractivity contribution in [2.45, 2.75) is 11.5 Å². The third-order valence-corrected chi connectivity index (χ3v) is 6.93. The Morgan fingerprint density at radius 2 is 1.88 bits per heavy atom. The Balaban J connectivity index is 1.47. The summed E-state index contributed by atoms with van der Waals surface area (Å²) < 4.78 is 51.7. The van der Waals surface area contributed by atoms with Gasteiger partial charge in [-0.25, -0.2) is 22.6 Å². The molecule has 0 atom stereocenters. The zero-order valence-corrected chi connectivity index (χ0v) is 18.4. The van der Waals surface area contributed by atoms with Crippen molar-refractivity contribution in [1.29, 1.82) is 0 Å². The number of rotatable bonds is 7. The highest BCUT2D eigenvalue weighted by Gasteiger charge is 2.26. The summed E-state index contributed by atoms with van der Waals surface area (Å²) >= 11 is 0. The summed E-state index contributed by atoms with van der Waals surface area (Å²) in [7, 11) is -3.66. The van der Waals surface area contributed by atoms with E-state index < -0.39 is 21.8 Å². The van der Waals surface area contributed by atoms with E-state index in [0.29, 0.717) is 31.9 Å². The summed E-state index contributed by atoms with van der Waals surface area (Å²) in [5.41, 5.74) is 0.814. The number of carbonyl (C=O) groups is 1. The van der Waals surface area contributed by atoms with Gasteiger partial charge in [-0.2, -0.15) is 4.31 Å². The number of nitrogens with zero attached hydrogens (tertiary/aromatic N) is 2. The van der Waals surface area contributed by atoms with Gasteiger partial charge in [0.25, 0.3) is 0 Å². The van der Waals surface area contributed by atoms with E-state index >= 15 is 0 Å². The summed E-state index contributed by atoms with van der Waals surface area (Å²) in [6.07, 6.45) is 1.47. The van der Waals surface area contributed by atoms with E-state index in [1.54, 1.807) is 30.3 Å². The van der Waals surface area contributed by atoms with E-state index in [2.05, 4.69) is 10.3 Å². The molecule has 1 aliphatic heterocycles. The molecule has 0 aliphatic carbocycles. The monoisotopic (exact) mass is 471 g/mol. The molecule has 1 saturated heterocycles. The molecule has 33 heavy (non-hydrogen) atoms. The maximum atomic E-state index is 14.0. The number of nitrogens with one attached hydrogen (secondary N) is 1. The molecule has 0 unspecified atom stereocenters. The van der Waals surface area contributed by atoms with Crippen LogP contribution in [-0.2, 0) is 26.1 Å². The van der Waals surface area contributed by atoms with Crippen LogP contribution in [0.1, 0.15) is 15.9 Å². The fourth-order valence-electron chi connectivity index (χ4n) is 3.32. The number of morpholine rings is 1. The molecule has 1 aromatic heterocycles. The summed E-state index contributed by atoms with van der Waals surface area (Å²) in [5, 5.41) is 2.80. The number of para-hydroxylation sites is 1. The number of aromatic nitrogens is 1. The molecule has 0 amide bonds. The highest BCUT2D eigenvalue weighted by molar-refractivity contribution is 7.89. The van der Waals surface area contributed by atoms with Gasteiger partial charge in [0.15, 0.2) is 0 Å². The first-order valence-corrected chi connectivity index (χ1v) is 11.7. The standard InChI is InChI=1S/C23H22FN3O5S/c24-20-8-1-2-9-21(20)26-22-19(7-4-10-25-22)23(28)32-16-17-5-3-6-18(15-17)33(29,30)27-11-13-31-14-12-27/h1-10,15H,11-14,16H2,(H,25,26). The summed E-state index contributed by atoms with van der Waals surface area (Å²) in [6, 6.07) is 15.4. The Morgan fingerprint density at radius 3 is 2.67 bits per heavy atom. The Labute approximate surface area is 191 Å². The quantitative estimate of drug-likeness (QED) is 0.528. The maximum absolute atomic E-state index is 14.0. The van der Waals surface area contributed by atoms with Crippen molar-refractivity contribution in [2.75, 3.05) is 31.6 Å². The molecule has 172 valence electrons. The summed E-state index contributed by atoms with van der Waals surface area (Å²) in [5.74, 6) is -1.01. The molecule has 0 radical (unpaired) electrons. The second-order valence-corrected chi connectivity index (χ2v) is 9.18. The lowest BCUT2D eigenvalue weighted by Gasteiger charge is -2.26. The molecule has 2 heterocycles. The lowest BCUT2D eigenvalue weighted by Crippen LogP contribution is -2.40. The number of sulfonamides is 1. The SMILES string of the molecule is O=C(OCc1cccc(S(=O)(=O)N2CCOCC2)c1)c1cccnc1Nc1ccccc1F. The van der Waals surface area contributed by atoms with E-state index in [-0.39, 0.29) is 28.6 Å². The van der Waals surface area contributed by atoms with Crippen molar-refractivity contribution in [3.8, 4) is 0 Å². The van der Waals surface area contributed by atoms with Crippen LogP contribution in [0.2, 0.25) is 0 Å². The number of anilines is 2. The van der Waals surface area contributed by atoms with Gasteiger partial charge in [-0.15, -0.1) is 0 Å². The second kappa shape index (κ2) is 10.1. The summed E-state index contributed by atoms with van der Waals surface area (Å²) in [4.78, 5) is 16.9. The molecule has 1 N–H and O–H groups in total. The van der Waals surface area contributed by atoms with Crippen LogP contribution in [0.5, 0.6) is 0 Å². The molecule has 2 aromatic carbocycles. The van der Waals surface area contributed by atoms with Crippen molar-refractivity contribution in [2.24, 2.45) is 0 Å². The highest BCUT2D eigenvalue weighted by atomic mass is 32.2. The van der Waals surface area contributed by atoms with Crippen molar-refractivity contribution < 1.29 is 27.1 Å². The average molecular weight is 472 g/mol. The molecule has 10 heteroatoms. The van der Waals surface area contributed by atoms with Crippen molar-refractivity contribution >= 4 is 27.5 Å². The first kappa shape index (κ1) is 22.8. The molecule has 4 rings (SSSR count). The van der Waals surface area contributed by atoms with Gasteiger partial charge in [0, 0.05) is 19.3 Å². The lowest BCUT2D eigenvalue weighted by atomic mass is 10.2. The van der Waals surface area contributed by atoms with Crippen LogP contribution in [0.15, 0.2) is 71.8 Å². The number of hydrogen-bond acceptors (Lipinski definition) is 7. The van der Waals surface area contributed by atoms with Gasteiger partial charge in [0.05, 0.1) is 23.8 Å². The van der Waals surface area contributed by atoms with Gasteiger partial charge in [-0.1, -0.05) is 24.3 Å². The maximum Gasteiger partial charge on any atom is 0.342 e. The molecular formula is C23H22FN3O5S. The molecule has 0 spiro atoms. The van der Waals surface area contributed by atoms with Gasteiger partial charge in [0.2, 0.25) is 10.0 Å². The van der Waals surface area contributed by atoms with Gasteiger partial charge < -0.3 is 14.8 Å². The molecule has 8 nitrogen and oxygen atoms in total. The predicted molar refractivity (Wildman–Crippen MR) is 119 cm³/mol. The fourth-order valence-corrected chi connectivity index (χ4v) is 4.80. The van der Waals surface area contributed by atoms with E-state index in [1.165, 1.54) is 40.8 Å². The van der Waals surface area contributed by atoms with Gasteiger partial charge in [0.1, 0.15) is 23.8 Å². The Hall–Kier alpha value is -3.34. The Morgan fingerprint density at radius 1 is 1.09 bits per heavy atom.